The van der Waals surface area contributed by atoms with Crippen LogP contribution < -0.4 is 14.4 Å². The van der Waals surface area contributed by atoms with Gasteiger partial charge in [-0.25, -0.2) is 4.79 Å². The van der Waals surface area contributed by atoms with E-state index in [4.69, 9.17) is 14.2 Å². The van der Waals surface area contributed by atoms with Crippen LogP contribution in [0, 0.1) is 0 Å². The molecule has 0 spiro atoms. The van der Waals surface area contributed by atoms with Crippen molar-refractivity contribution in [3.63, 3.8) is 0 Å². The molecule has 0 aliphatic carbocycles. The van der Waals surface area contributed by atoms with Crippen LogP contribution in [0.5, 0.6) is 11.5 Å². The molecule has 0 radical (unpaired) electrons. The average Bonchev–Trinajstić information content (AvgIpc) is 2.71. The molecule has 0 aromatic heterocycles. The monoisotopic (exact) mass is 371 g/mol. The van der Waals surface area contributed by atoms with Crippen LogP contribution in [0.2, 0.25) is 0 Å². The summed E-state index contributed by atoms with van der Waals surface area (Å²) in [6.45, 7) is 2.43. The summed E-state index contributed by atoms with van der Waals surface area (Å²) in [5.74, 6) is 0.906. The first-order valence-corrected chi connectivity index (χ1v) is 8.92. The quantitative estimate of drug-likeness (QED) is 0.383. The summed E-state index contributed by atoms with van der Waals surface area (Å²) in [6, 6.07) is 13.6. The summed E-state index contributed by atoms with van der Waals surface area (Å²) in [5, 5.41) is 0. The Hall–Kier alpha value is -3.02. The lowest BCUT2D eigenvalue weighted by molar-refractivity contribution is 0.0969. The molecule has 2 rings (SSSR count). The van der Waals surface area contributed by atoms with Gasteiger partial charge in [0.05, 0.1) is 13.7 Å². The zero-order chi connectivity index (χ0) is 19.6. The van der Waals surface area contributed by atoms with E-state index >= 15 is 0 Å². The molecule has 2 aromatic rings. The van der Waals surface area contributed by atoms with E-state index in [2.05, 4.69) is 6.92 Å². The number of hydrogen-bond acceptors (Lipinski definition) is 5. The van der Waals surface area contributed by atoms with Crippen molar-refractivity contribution in [2.75, 3.05) is 25.7 Å². The molecule has 0 fully saturated rings. The minimum atomic E-state index is -0.721. The molecule has 0 unspecified atom stereocenters. The largest absolute Gasteiger partial charge is 0.513 e. The SMILES string of the molecule is CCCCCOC(=O)Oc1ccc(N(C)C(=O)c2ccc(OC)cc2)cc1. The highest BCUT2D eigenvalue weighted by Crippen LogP contribution is 2.21. The van der Waals surface area contributed by atoms with Crippen molar-refractivity contribution >= 4 is 17.7 Å². The lowest BCUT2D eigenvalue weighted by atomic mass is 10.2. The van der Waals surface area contributed by atoms with Gasteiger partial charge >= 0.3 is 6.16 Å². The fraction of sp³-hybridized carbons (Fsp3) is 0.333. The molecular weight excluding hydrogens is 346 g/mol. The van der Waals surface area contributed by atoms with Gasteiger partial charge in [0, 0.05) is 18.3 Å². The maximum absolute atomic E-state index is 12.6. The number of carbonyl (C=O) groups is 2. The Labute approximate surface area is 159 Å². The van der Waals surface area contributed by atoms with E-state index in [1.54, 1.807) is 62.7 Å². The zero-order valence-electron chi connectivity index (χ0n) is 15.9. The van der Waals surface area contributed by atoms with Gasteiger partial charge in [0.1, 0.15) is 11.5 Å². The van der Waals surface area contributed by atoms with E-state index in [1.165, 1.54) is 4.90 Å². The second kappa shape index (κ2) is 10.2. The van der Waals surface area contributed by atoms with Gasteiger partial charge in [0.25, 0.3) is 5.91 Å². The average molecular weight is 371 g/mol. The second-order valence-electron chi connectivity index (χ2n) is 5.99. The van der Waals surface area contributed by atoms with Gasteiger partial charge in [-0.05, 0) is 55.0 Å². The summed E-state index contributed by atoms with van der Waals surface area (Å²) < 4.78 is 15.2. The number of methoxy groups -OCH3 is 1. The Morgan fingerprint density at radius 2 is 1.56 bits per heavy atom. The van der Waals surface area contributed by atoms with E-state index in [0.29, 0.717) is 29.4 Å². The van der Waals surface area contributed by atoms with E-state index < -0.39 is 6.16 Å². The number of amides is 1. The molecule has 1 amide bonds. The Bertz CT molecular complexity index is 740. The fourth-order valence-electron chi connectivity index (χ4n) is 2.42. The van der Waals surface area contributed by atoms with Crippen LogP contribution in [0.1, 0.15) is 36.5 Å². The minimum Gasteiger partial charge on any atom is -0.497 e. The molecule has 27 heavy (non-hydrogen) atoms. The van der Waals surface area contributed by atoms with Crippen LogP contribution in [0.25, 0.3) is 0 Å². The number of benzene rings is 2. The third-order valence-electron chi connectivity index (χ3n) is 4.03. The van der Waals surface area contributed by atoms with Gasteiger partial charge in [-0.1, -0.05) is 19.8 Å². The third-order valence-corrected chi connectivity index (χ3v) is 4.03. The highest BCUT2D eigenvalue weighted by atomic mass is 16.7. The molecule has 0 heterocycles. The smallest absolute Gasteiger partial charge is 0.497 e. The first-order valence-electron chi connectivity index (χ1n) is 8.92. The van der Waals surface area contributed by atoms with Gasteiger partial charge in [-0.15, -0.1) is 0 Å². The number of rotatable bonds is 8. The maximum atomic E-state index is 12.6. The normalized spacial score (nSPS) is 10.2. The zero-order valence-corrected chi connectivity index (χ0v) is 15.9. The Morgan fingerprint density at radius 1 is 0.926 bits per heavy atom. The maximum Gasteiger partial charge on any atom is 0.513 e. The molecular formula is C21H25NO5. The second-order valence-corrected chi connectivity index (χ2v) is 5.99. The summed E-state index contributed by atoms with van der Waals surface area (Å²) in [6.07, 6.45) is 2.17. The van der Waals surface area contributed by atoms with Gasteiger partial charge < -0.3 is 19.1 Å². The van der Waals surface area contributed by atoms with E-state index in [0.717, 1.165) is 19.3 Å². The van der Waals surface area contributed by atoms with Crippen molar-refractivity contribution in [2.24, 2.45) is 0 Å². The molecule has 0 saturated heterocycles. The molecule has 0 atom stereocenters. The van der Waals surface area contributed by atoms with Crippen LogP contribution >= 0.6 is 0 Å². The van der Waals surface area contributed by atoms with Crippen LogP contribution in [0.15, 0.2) is 48.5 Å². The lowest BCUT2D eigenvalue weighted by Crippen LogP contribution is -2.26. The van der Waals surface area contributed by atoms with Gasteiger partial charge in [0.2, 0.25) is 0 Å². The standard InChI is InChI=1S/C21H25NO5/c1-4-5-6-15-26-21(24)27-19-13-9-17(10-14-19)22(2)20(23)16-7-11-18(25-3)12-8-16/h7-14H,4-6,15H2,1-3H3. The number of anilines is 1. The van der Waals surface area contributed by atoms with Crippen molar-refractivity contribution in [3.05, 3.63) is 54.1 Å². The summed E-state index contributed by atoms with van der Waals surface area (Å²) in [4.78, 5) is 25.7. The van der Waals surface area contributed by atoms with Crippen molar-refractivity contribution in [2.45, 2.75) is 26.2 Å². The van der Waals surface area contributed by atoms with Gasteiger partial charge in [0.15, 0.2) is 0 Å². The molecule has 6 heteroatoms. The van der Waals surface area contributed by atoms with E-state index in [9.17, 15) is 9.59 Å². The highest BCUT2D eigenvalue weighted by molar-refractivity contribution is 6.05. The third kappa shape index (κ3) is 6.02. The number of hydrogen-bond donors (Lipinski definition) is 0. The lowest BCUT2D eigenvalue weighted by Gasteiger charge is -2.18. The number of nitrogens with zero attached hydrogens (tertiary/aromatic N) is 1. The molecule has 0 saturated carbocycles. The molecule has 0 N–H and O–H groups in total. The molecule has 0 aliphatic rings. The topological polar surface area (TPSA) is 65.1 Å². The fourth-order valence-corrected chi connectivity index (χ4v) is 2.42. The van der Waals surface area contributed by atoms with Crippen LogP contribution in [0.4, 0.5) is 10.5 Å². The van der Waals surface area contributed by atoms with Gasteiger partial charge in [-0.2, -0.15) is 0 Å². The van der Waals surface area contributed by atoms with E-state index in [-0.39, 0.29) is 5.91 Å². The van der Waals surface area contributed by atoms with Crippen LogP contribution in [-0.4, -0.2) is 32.8 Å². The van der Waals surface area contributed by atoms with Crippen molar-refractivity contribution in [3.8, 4) is 11.5 Å². The van der Waals surface area contributed by atoms with Crippen LogP contribution in [-0.2, 0) is 4.74 Å². The number of unbranched alkanes of at least 4 members (excludes halogenated alkanes) is 2. The summed E-state index contributed by atoms with van der Waals surface area (Å²) in [5.41, 5.74) is 1.23. The minimum absolute atomic E-state index is 0.151. The highest BCUT2D eigenvalue weighted by Gasteiger charge is 2.14. The van der Waals surface area contributed by atoms with Crippen LogP contribution in [0.3, 0.4) is 0 Å². The summed E-state index contributed by atoms with van der Waals surface area (Å²) in [7, 11) is 3.26. The van der Waals surface area contributed by atoms with Crippen molar-refractivity contribution < 1.29 is 23.8 Å². The van der Waals surface area contributed by atoms with E-state index in [1.807, 2.05) is 0 Å². The Kier molecular flexibility index (Phi) is 7.67. The molecule has 2 aromatic carbocycles. The number of ether oxygens (including phenoxy) is 3. The Morgan fingerprint density at radius 3 is 2.15 bits per heavy atom. The van der Waals surface area contributed by atoms with Crippen molar-refractivity contribution in [1.82, 2.24) is 0 Å². The predicted octanol–water partition coefficient (Wildman–Crippen LogP) is 4.68. The Balaban J connectivity index is 1.93. The first kappa shape index (κ1) is 20.3. The summed E-state index contributed by atoms with van der Waals surface area (Å²) >= 11 is 0. The molecule has 6 nitrogen and oxygen atoms in total. The first-order chi connectivity index (χ1) is 13.0. The predicted molar refractivity (Wildman–Crippen MR) is 104 cm³/mol. The number of carbonyl (C=O) groups excluding carboxylic acids is 2. The molecule has 144 valence electrons. The molecule has 0 bridgehead atoms. The van der Waals surface area contributed by atoms with Gasteiger partial charge in [-0.3, -0.25) is 4.79 Å². The molecule has 0 aliphatic heterocycles. The van der Waals surface area contributed by atoms with Crippen molar-refractivity contribution in [1.29, 1.82) is 0 Å².